The van der Waals surface area contributed by atoms with Gasteiger partial charge in [-0.3, -0.25) is 18.6 Å². The molecule has 0 spiro atoms. The number of carbonyl (C=O) groups is 2. The molecule has 0 rings (SSSR count). The number of likely N-dealkylation sites (N-methyl/N-ethyl adjacent to an activating group) is 1. The Morgan fingerprint density at radius 1 is 0.456 bits per heavy atom. The van der Waals surface area contributed by atoms with E-state index in [0.29, 0.717) is 17.4 Å². The molecule has 1 N–H and O–H groups in total. The summed E-state index contributed by atoms with van der Waals surface area (Å²) in [7, 11) is 1.48. The van der Waals surface area contributed by atoms with E-state index in [1.54, 1.807) is 0 Å². The van der Waals surface area contributed by atoms with Gasteiger partial charge in [0.05, 0.1) is 27.7 Å². The van der Waals surface area contributed by atoms with Gasteiger partial charge in [-0.1, -0.05) is 224 Å². The lowest BCUT2D eigenvalue weighted by Crippen LogP contribution is -2.37. The summed E-state index contributed by atoms with van der Waals surface area (Å²) in [6, 6.07) is 0. The van der Waals surface area contributed by atoms with Gasteiger partial charge in [0, 0.05) is 12.8 Å². The first-order valence-electron chi connectivity index (χ1n) is 28.7. The summed E-state index contributed by atoms with van der Waals surface area (Å²) in [5.41, 5.74) is 0. The van der Waals surface area contributed by atoms with E-state index in [4.69, 9.17) is 18.5 Å². The van der Waals surface area contributed by atoms with Crippen LogP contribution in [0.2, 0.25) is 0 Å². The number of esters is 2. The summed E-state index contributed by atoms with van der Waals surface area (Å²) in [6.07, 6.45) is 60.6. The van der Waals surface area contributed by atoms with Crippen LogP contribution in [0.4, 0.5) is 0 Å². The highest BCUT2D eigenvalue weighted by atomic mass is 31.2. The Balaban J connectivity index is 4.15. The van der Waals surface area contributed by atoms with Crippen LogP contribution in [0.1, 0.15) is 271 Å². The van der Waals surface area contributed by atoms with Crippen molar-refractivity contribution in [1.82, 2.24) is 0 Å². The Morgan fingerprint density at radius 3 is 1.18 bits per heavy atom. The number of ether oxygens (including phenoxy) is 2. The summed E-state index contributed by atoms with van der Waals surface area (Å²) in [5.74, 6) is -0.790. The monoisotopic (exact) mass is 981 g/mol. The zero-order chi connectivity index (χ0) is 49.9. The van der Waals surface area contributed by atoms with Crippen molar-refractivity contribution in [2.75, 3.05) is 47.5 Å². The second-order valence-electron chi connectivity index (χ2n) is 20.7. The fourth-order valence-electron chi connectivity index (χ4n) is 8.16. The molecule has 0 aliphatic heterocycles. The zero-order valence-electron chi connectivity index (χ0n) is 45.4. The van der Waals surface area contributed by atoms with Crippen LogP contribution >= 0.6 is 7.82 Å². The smallest absolute Gasteiger partial charge is 0.462 e. The van der Waals surface area contributed by atoms with Crippen molar-refractivity contribution < 1.29 is 42.1 Å². The molecule has 9 nitrogen and oxygen atoms in total. The van der Waals surface area contributed by atoms with E-state index in [-0.39, 0.29) is 32.0 Å². The quantitative estimate of drug-likeness (QED) is 0.0211. The Labute approximate surface area is 421 Å². The predicted octanol–water partition coefficient (Wildman–Crippen LogP) is 17.6. The summed E-state index contributed by atoms with van der Waals surface area (Å²) in [6.45, 7) is 4.45. The number of unbranched alkanes of at least 4 members (excludes halogenated alkanes) is 33. The van der Waals surface area contributed by atoms with E-state index >= 15 is 0 Å². The van der Waals surface area contributed by atoms with E-state index in [9.17, 15) is 19.0 Å². The molecule has 0 radical (unpaired) electrons. The van der Waals surface area contributed by atoms with Crippen molar-refractivity contribution in [2.24, 2.45) is 0 Å². The molecule has 68 heavy (non-hydrogen) atoms. The third kappa shape index (κ3) is 53.6. The molecule has 10 heteroatoms. The highest BCUT2D eigenvalue weighted by Crippen LogP contribution is 2.43. The van der Waals surface area contributed by atoms with Crippen molar-refractivity contribution in [3.63, 3.8) is 0 Å². The molecule has 0 saturated carbocycles. The maximum Gasteiger partial charge on any atom is 0.472 e. The van der Waals surface area contributed by atoms with Gasteiger partial charge < -0.3 is 18.9 Å². The van der Waals surface area contributed by atoms with E-state index in [2.05, 4.69) is 50.3 Å². The predicted molar refractivity (Wildman–Crippen MR) is 289 cm³/mol. The molecule has 0 bridgehead atoms. The van der Waals surface area contributed by atoms with Crippen molar-refractivity contribution in [3.05, 3.63) is 36.5 Å². The fraction of sp³-hybridized carbons (Fsp3) is 0.862. The molecule has 0 aromatic rings. The number of rotatable bonds is 53. The number of quaternary nitrogens is 1. The molecule has 0 aliphatic carbocycles. The highest BCUT2D eigenvalue weighted by molar-refractivity contribution is 7.47. The fourth-order valence-corrected chi connectivity index (χ4v) is 8.90. The first-order chi connectivity index (χ1) is 33.0. The molecule has 0 heterocycles. The maximum absolute atomic E-state index is 12.8. The number of hydrogen-bond donors (Lipinski definition) is 1. The van der Waals surface area contributed by atoms with Crippen LogP contribution in [-0.2, 0) is 32.7 Å². The van der Waals surface area contributed by atoms with Crippen molar-refractivity contribution >= 4 is 19.8 Å². The first-order valence-corrected chi connectivity index (χ1v) is 30.2. The minimum atomic E-state index is -4.38. The van der Waals surface area contributed by atoms with Crippen LogP contribution in [0.15, 0.2) is 36.5 Å². The Morgan fingerprint density at radius 2 is 0.794 bits per heavy atom. The summed E-state index contributed by atoms with van der Waals surface area (Å²) < 4.78 is 34.6. The van der Waals surface area contributed by atoms with Gasteiger partial charge in [0.1, 0.15) is 19.8 Å². The minimum Gasteiger partial charge on any atom is -0.462 e. The Kier molecular flexibility index (Phi) is 48.9. The minimum absolute atomic E-state index is 0.0323. The molecule has 0 fully saturated rings. The van der Waals surface area contributed by atoms with E-state index < -0.39 is 26.5 Å². The molecule has 2 unspecified atom stereocenters. The third-order valence-electron chi connectivity index (χ3n) is 12.6. The van der Waals surface area contributed by atoms with Gasteiger partial charge in [0.2, 0.25) is 0 Å². The number of phosphoric acid groups is 1. The maximum atomic E-state index is 12.8. The van der Waals surface area contributed by atoms with Crippen LogP contribution < -0.4 is 0 Å². The molecular formula is C58H111NO8P+. The summed E-state index contributed by atoms with van der Waals surface area (Å²) in [4.78, 5) is 35.7. The van der Waals surface area contributed by atoms with Crippen molar-refractivity contribution in [2.45, 2.75) is 277 Å². The van der Waals surface area contributed by atoms with E-state index in [1.165, 1.54) is 199 Å². The van der Waals surface area contributed by atoms with Gasteiger partial charge in [-0.05, 0) is 70.6 Å². The van der Waals surface area contributed by atoms with Crippen LogP contribution in [0.3, 0.4) is 0 Å². The summed E-state index contributed by atoms with van der Waals surface area (Å²) in [5, 5.41) is 0. The Bertz CT molecular complexity index is 1250. The second kappa shape index (κ2) is 50.2. The topological polar surface area (TPSA) is 108 Å². The lowest BCUT2D eigenvalue weighted by atomic mass is 10.0. The second-order valence-corrected chi connectivity index (χ2v) is 22.1. The molecule has 0 aromatic carbocycles. The van der Waals surface area contributed by atoms with Gasteiger partial charge in [-0.25, -0.2) is 4.57 Å². The van der Waals surface area contributed by atoms with Gasteiger partial charge in [-0.15, -0.1) is 0 Å². The molecule has 0 amide bonds. The number of nitrogens with zero attached hydrogens (tertiary/aromatic N) is 1. The largest absolute Gasteiger partial charge is 0.472 e. The van der Waals surface area contributed by atoms with E-state index in [1.807, 2.05) is 21.1 Å². The zero-order valence-corrected chi connectivity index (χ0v) is 46.2. The molecule has 0 saturated heterocycles. The highest BCUT2D eigenvalue weighted by Gasteiger charge is 2.27. The molecule has 2 atom stereocenters. The van der Waals surface area contributed by atoms with Crippen LogP contribution in [0, 0.1) is 0 Å². The first kappa shape index (κ1) is 66.2. The van der Waals surface area contributed by atoms with Gasteiger partial charge >= 0.3 is 19.8 Å². The van der Waals surface area contributed by atoms with Crippen molar-refractivity contribution in [1.29, 1.82) is 0 Å². The number of hydrogen-bond acceptors (Lipinski definition) is 7. The van der Waals surface area contributed by atoms with Crippen LogP contribution in [0.25, 0.3) is 0 Å². The van der Waals surface area contributed by atoms with Crippen LogP contribution in [0.5, 0.6) is 0 Å². The SMILES string of the molecule is CCCCCCC/C=C\C/C=C\CCCCCCCCCCCCCCCC(=O)OC(COC(=O)CCCCCCCCCCC/C=C\CCCCCCCC)COP(=O)(O)OCC[N+](C)(C)C. The third-order valence-corrected chi connectivity index (χ3v) is 13.6. The number of carbonyl (C=O) groups excluding carboxylic acids is 2. The van der Waals surface area contributed by atoms with Gasteiger partial charge in [0.25, 0.3) is 0 Å². The average Bonchev–Trinajstić information content (AvgIpc) is 3.30. The van der Waals surface area contributed by atoms with Crippen LogP contribution in [-0.4, -0.2) is 74.9 Å². The molecule has 400 valence electrons. The lowest BCUT2D eigenvalue weighted by Gasteiger charge is -2.24. The Hall–Kier alpha value is -1.77. The summed E-state index contributed by atoms with van der Waals surface area (Å²) >= 11 is 0. The van der Waals surface area contributed by atoms with Gasteiger partial charge in [-0.2, -0.15) is 0 Å². The van der Waals surface area contributed by atoms with E-state index in [0.717, 1.165) is 38.5 Å². The lowest BCUT2D eigenvalue weighted by molar-refractivity contribution is -0.870. The standard InChI is InChI=1S/C58H110NO8P/c1-6-8-10-12-14-16-18-20-22-24-26-27-28-29-30-31-33-35-37-39-41-43-45-47-49-51-58(61)67-56(55-66-68(62,63)65-53-52-59(3,4)5)54-64-57(60)50-48-46-44-42-40-38-36-34-32-25-23-21-19-17-15-13-11-9-7-2/h18,20-21,23-24,26,56H,6-17,19,22,25,27-55H2,1-5H3/p+1/b20-18-,23-21-,26-24-. The van der Waals surface area contributed by atoms with Gasteiger partial charge in [0.15, 0.2) is 6.10 Å². The molecule has 0 aliphatic rings. The number of allylic oxidation sites excluding steroid dienone is 6. The van der Waals surface area contributed by atoms with Crippen molar-refractivity contribution in [3.8, 4) is 0 Å². The molecular weight excluding hydrogens is 870 g/mol. The number of phosphoric ester groups is 1. The average molecular weight is 981 g/mol. The molecule has 0 aromatic heterocycles. The normalized spacial score (nSPS) is 13.6.